The Morgan fingerprint density at radius 3 is 2.26 bits per heavy atom. The normalized spacial score (nSPS) is 12.1. The summed E-state index contributed by atoms with van der Waals surface area (Å²) in [5.74, 6) is -1.23. The van der Waals surface area contributed by atoms with Crippen LogP contribution in [0.15, 0.2) is 53.4 Å². The SMILES string of the molecule is COC(=O)C(Cc1ccc(F)cc1)NC(=O)NS(=O)(=O)c1ccc(Cl)cc1. The van der Waals surface area contributed by atoms with Crippen LogP contribution < -0.4 is 10.0 Å². The number of methoxy groups -OCH3 is 1. The van der Waals surface area contributed by atoms with Gasteiger partial charge in [0.05, 0.1) is 12.0 Å². The maximum atomic E-state index is 13.0. The maximum absolute atomic E-state index is 13.0. The molecule has 1 atom stereocenters. The lowest BCUT2D eigenvalue weighted by molar-refractivity contribution is -0.142. The van der Waals surface area contributed by atoms with E-state index in [0.29, 0.717) is 10.6 Å². The van der Waals surface area contributed by atoms with Crippen molar-refractivity contribution in [2.75, 3.05) is 7.11 Å². The van der Waals surface area contributed by atoms with Gasteiger partial charge in [-0.15, -0.1) is 0 Å². The number of carbonyl (C=O) groups excluding carboxylic acids is 2. The fourth-order valence-corrected chi connectivity index (χ4v) is 3.22. The molecule has 0 saturated carbocycles. The van der Waals surface area contributed by atoms with E-state index < -0.39 is 33.9 Å². The molecule has 0 bridgehead atoms. The summed E-state index contributed by atoms with van der Waals surface area (Å²) in [7, 11) is -3.03. The van der Waals surface area contributed by atoms with E-state index in [9.17, 15) is 22.4 Å². The van der Waals surface area contributed by atoms with E-state index in [1.165, 1.54) is 48.5 Å². The highest BCUT2D eigenvalue weighted by Gasteiger charge is 2.25. The van der Waals surface area contributed by atoms with Crippen molar-refractivity contribution in [2.45, 2.75) is 17.4 Å². The number of carbonyl (C=O) groups is 2. The minimum absolute atomic E-state index is 0.0125. The molecule has 7 nitrogen and oxygen atoms in total. The van der Waals surface area contributed by atoms with E-state index in [0.717, 1.165) is 7.11 Å². The van der Waals surface area contributed by atoms with Crippen LogP contribution in [0.5, 0.6) is 0 Å². The number of halogens is 2. The first-order valence-electron chi connectivity index (χ1n) is 7.62. The van der Waals surface area contributed by atoms with Crippen LogP contribution >= 0.6 is 11.6 Å². The number of hydrogen-bond donors (Lipinski definition) is 2. The highest BCUT2D eigenvalue weighted by Crippen LogP contribution is 2.14. The lowest BCUT2D eigenvalue weighted by Gasteiger charge is -2.17. The van der Waals surface area contributed by atoms with Crippen molar-refractivity contribution in [1.29, 1.82) is 0 Å². The molecule has 0 fully saturated rings. The van der Waals surface area contributed by atoms with Gasteiger partial charge in [0.15, 0.2) is 0 Å². The molecule has 0 heterocycles. The molecule has 1 unspecified atom stereocenters. The molecule has 2 N–H and O–H groups in total. The molecular weight excluding hydrogens is 399 g/mol. The molecule has 0 aliphatic rings. The van der Waals surface area contributed by atoms with Crippen LogP contribution in [-0.4, -0.2) is 33.6 Å². The lowest BCUT2D eigenvalue weighted by atomic mass is 10.1. The van der Waals surface area contributed by atoms with Crippen LogP contribution in [0.3, 0.4) is 0 Å². The number of amides is 2. The van der Waals surface area contributed by atoms with Crippen molar-refractivity contribution in [3.05, 3.63) is 64.9 Å². The number of benzene rings is 2. The van der Waals surface area contributed by atoms with Gasteiger partial charge in [0.25, 0.3) is 10.0 Å². The average Bonchev–Trinajstić information content (AvgIpc) is 2.62. The van der Waals surface area contributed by atoms with Gasteiger partial charge in [0, 0.05) is 11.4 Å². The average molecular weight is 415 g/mol. The Morgan fingerprint density at radius 2 is 1.70 bits per heavy atom. The van der Waals surface area contributed by atoms with Gasteiger partial charge in [-0.05, 0) is 42.0 Å². The largest absolute Gasteiger partial charge is 0.467 e. The molecule has 0 saturated heterocycles. The Hall–Kier alpha value is -2.65. The zero-order chi connectivity index (χ0) is 20.0. The summed E-state index contributed by atoms with van der Waals surface area (Å²) in [6.07, 6.45) is -0.0125. The predicted octanol–water partition coefficient (Wildman–Crippen LogP) is 2.25. The number of rotatable bonds is 6. The monoisotopic (exact) mass is 414 g/mol. The third kappa shape index (κ3) is 5.93. The van der Waals surface area contributed by atoms with E-state index in [-0.39, 0.29) is 11.3 Å². The standard InChI is InChI=1S/C17H16ClFN2O5S/c1-26-16(22)15(10-11-2-6-13(19)7-3-11)20-17(23)21-27(24,25)14-8-4-12(18)5-9-14/h2-9,15H,10H2,1H3,(H2,20,21,23). The highest BCUT2D eigenvalue weighted by atomic mass is 35.5. The summed E-state index contributed by atoms with van der Waals surface area (Å²) >= 11 is 5.70. The van der Waals surface area contributed by atoms with E-state index in [4.69, 9.17) is 11.6 Å². The molecule has 2 aromatic carbocycles. The second-order valence-corrected chi connectivity index (χ2v) is 7.56. The summed E-state index contributed by atoms with van der Waals surface area (Å²) in [6, 6.07) is 8.19. The first kappa shape index (κ1) is 20.7. The molecule has 144 valence electrons. The van der Waals surface area contributed by atoms with Gasteiger partial charge in [-0.2, -0.15) is 0 Å². The zero-order valence-corrected chi connectivity index (χ0v) is 15.7. The molecule has 2 amide bonds. The number of ether oxygens (including phenoxy) is 1. The topological polar surface area (TPSA) is 102 Å². The van der Waals surface area contributed by atoms with E-state index in [2.05, 4.69) is 10.1 Å². The van der Waals surface area contributed by atoms with Gasteiger partial charge >= 0.3 is 12.0 Å². The molecular formula is C17H16ClFN2O5S. The van der Waals surface area contributed by atoms with Gasteiger partial charge in [-0.3, -0.25) is 0 Å². The van der Waals surface area contributed by atoms with Gasteiger partial charge in [-0.25, -0.2) is 27.1 Å². The summed E-state index contributed by atoms with van der Waals surface area (Å²) in [4.78, 5) is 23.8. The van der Waals surface area contributed by atoms with Gasteiger partial charge in [-0.1, -0.05) is 23.7 Å². The molecule has 27 heavy (non-hydrogen) atoms. The number of urea groups is 1. The van der Waals surface area contributed by atoms with Crippen LogP contribution in [0.2, 0.25) is 5.02 Å². The van der Waals surface area contributed by atoms with Crippen LogP contribution in [-0.2, 0) is 26.0 Å². The van der Waals surface area contributed by atoms with Crippen LogP contribution in [0.25, 0.3) is 0 Å². The molecule has 0 aliphatic carbocycles. The second-order valence-electron chi connectivity index (χ2n) is 5.44. The molecule has 0 aromatic heterocycles. The van der Waals surface area contributed by atoms with E-state index >= 15 is 0 Å². The van der Waals surface area contributed by atoms with Gasteiger partial charge < -0.3 is 10.1 Å². The first-order valence-corrected chi connectivity index (χ1v) is 9.48. The zero-order valence-electron chi connectivity index (χ0n) is 14.1. The fourth-order valence-electron chi connectivity index (χ4n) is 2.17. The molecule has 2 aromatic rings. The number of esters is 1. The number of hydrogen-bond acceptors (Lipinski definition) is 5. The molecule has 0 radical (unpaired) electrons. The Morgan fingerprint density at radius 1 is 1.11 bits per heavy atom. The predicted molar refractivity (Wildman–Crippen MR) is 96.2 cm³/mol. The second kappa shape index (κ2) is 8.83. The highest BCUT2D eigenvalue weighted by molar-refractivity contribution is 7.90. The Balaban J connectivity index is 2.09. The van der Waals surface area contributed by atoms with Crippen molar-refractivity contribution in [2.24, 2.45) is 0 Å². The van der Waals surface area contributed by atoms with E-state index in [1.807, 2.05) is 4.72 Å². The smallest absolute Gasteiger partial charge is 0.329 e. The minimum Gasteiger partial charge on any atom is -0.467 e. The summed E-state index contributed by atoms with van der Waals surface area (Å²) in [6.45, 7) is 0. The fraction of sp³-hybridized carbons (Fsp3) is 0.176. The van der Waals surface area contributed by atoms with Gasteiger partial charge in [0.2, 0.25) is 0 Å². The van der Waals surface area contributed by atoms with Crippen molar-refractivity contribution in [1.82, 2.24) is 10.0 Å². The van der Waals surface area contributed by atoms with Crippen LogP contribution in [0, 0.1) is 5.82 Å². The molecule has 2 rings (SSSR count). The number of nitrogens with one attached hydrogen (secondary N) is 2. The van der Waals surface area contributed by atoms with Crippen molar-refractivity contribution in [3.63, 3.8) is 0 Å². The lowest BCUT2D eigenvalue weighted by Crippen LogP contribution is -2.49. The molecule has 10 heteroatoms. The Labute approximate surface area is 160 Å². The van der Waals surface area contributed by atoms with Crippen molar-refractivity contribution >= 4 is 33.6 Å². The third-order valence-electron chi connectivity index (χ3n) is 3.50. The first-order chi connectivity index (χ1) is 12.7. The Kier molecular flexibility index (Phi) is 6.75. The molecule has 0 aliphatic heterocycles. The summed E-state index contributed by atoms with van der Waals surface area (Å²) in [5.41, 5.74) is 0.549. The van der Waals surface area contributed by atoms with Crippen molar-refractivity contribution in [3.8, 4) is 0 Å². The Bertz CT molecular complexity index is 917. The van der Waals surface area contributed by atoms with Crippen LogP contribution in [0.1, 0.15) is 5.56 Å². The van der Waals surface area contributed by atoms with Crippen LogP contribution in [0.4, 0.5) is 9.18 Å². The van der Waals surface area contributed by atoms with Gasteiger partial charge in [0.1, 0.15) is 11.9 Å². The van der Waals surface area contributed by atoms with Crippen molar-refractivity contribution < 1.29 is 27.1 Å². The molecule has 0 spiro atoms. The summed E-state index contributed by atoms with van der Waals surface area (Å²) in [5, 5.41) is 2.58. The third-order valence-corrected chi connectivity index (χ3v) is 5.09. The quantitative estimate of drug-likeness (QED) is 0.706. The summed E-state index contributed by atoms with van der Waals surface area (Å²) < 4.78 is 43.8. The van der Waals surface area contributed by atoms with E-state index in [1.54, 1.807) is 0 Å². The minimum atomic E-state index is -4.16. The maximum Gasteiger partial charge on any atom is 0.329 e. The number of sulfonamides is 1.